The standard InChI is InChI=1S/C22H25N3O6/c1-21-9-22(10-21,31-11-21)12-30-20(29)23-7-13-2-3-14-8-25(19(28)15(14)6-13)16-4-5-17(26)24-18(16)27/h2-3,6,16H,4-5,7-12H2,1H3,(H,23,29)(H,24,26,27). The molecule has 3 saturated heterocycles. The molecule has 31 heavy (non-hydrogen) atoms. The maximum atomic E-state index is 12.9. The van der Waals surface area contributed by atoms with Gasteiger partial charge in [0.2, 0.25) is 11.8 Å². The highest BCUT2D eigenvalue weighted by Gasteiger charge is 2.60. The average molecular weight is 427 g/mol. The summed E-state index contributed by atoms with van der Waals surface area (Å²) in [7, 11) is 0. The van der Waals surface area contributed by atoms with Crippen molar-refractivity contribution in [2.45, 2.75) is 57.3 Å². The van der Waals surface area contributed by atoms with Gasteiger partial charge in [-0.1, -0.05) is 19.1 Å². The fraction of sp³-hybridized carbons (Fsp3) is 0.545. The summed E-state index contributed by atoms with van der Waals surface area (Å²) in [4.78, 5) is 50.0. The van der Waals surface area contributed by atoms with Crippen LogP contribution in [0.5, 0.6) is 0 Å². The van der Waals surface area contributed by atoms with Crippen molar-refractivity contribution in [2.75, 3.05) is 13.2 Å². The minimum atomic E-state index is -0.639. The Morgan fingerprint density at radius 3 is 2.84 bits per heavy atom. The van der Waals surface area contributed by atoms with Gasteiger partial charge in [0, 0.05) is 25.1 Å². The zero-order valence-electron chi connectivity index (χ0n) is 17.4. The minimum absolute atomic E-state index is 0.222. The average Bonchev–Trinajstić information content (AvgIpc) is 3.33. The number of carbonyl (C=O) groups excluding carboxylic acids is 4. The van der Waals surface area contributed by atoms with Gasteiger partial charge in [-0.15, -0.1) is 0 Å². The molecule has 9 heteroatoms. The number of rotatable bonds is 5. The van der Waals surface area contributed by atoms with Crippen molar-refractivity contribution in [3.63, 3.8) is 0 Å². The maximum Gasteiger partial charge on any atom is 0.407 e. The highest BCUT2D eigenvalue weighted by molar-refractivity contribution is 6.05. The highest BCUT2D eigenvalue weighted by Crippen LogP contribution is 2.57. The SMILES string of the molecule is CC12COC(COC(=O)NCc3ccc4c(c3)C(=O)N(C3CCC(=O)NC3=O)C4)(C1)C2. The number of alkyl carbamates (subject to hydrolysis) is 1. The van der Waals surface area contributed by atoms with Gasteiger partial charge in [-0.05, 0) is 41.9 Å². The van der Waals surface area contributed by atoms with Crippen LogP contribution in [0.3, 0.4) is 0 Å². The molecule has 4 heterocycles. The molecule has 1 unspecified atom stereocenters. The maximum absolute atomic E-state index is 12.9. The summed E-state index contributed by atoms with van der Waals surface area (Å²) in [5, 5.41) is 5.01. The molecule has 1 aliphatic carbocycles. The van der Waals surface area contributed by atoms with E-state index in [0.29, 0.717) is 18.5 Å². The lowest BCUT2D eigenvalue weighted by Crippen LogP contribution is -2.52. The largest absolute Gasteiger partial charge is 0.446 e. The first-order chi connectivity index (χ1) is 14.8. The predicted octanol–water partition coefficient (Wildman–Crippen LogP) is 1.24. The normalized spacial score (nSPS) is 31.2. The zero-order valence-corrected chi connectivity index (χ0v) is 17.4. The smallest absolute Gasteiger partial charge is 0.407 e. The molecular formula is C22H25N3O6. The van der Waals surface area contributed by atoms with E-state index in [1.54, 1.807) is 6.07 Å². The lowest BCUT2D eigenvalue weighted by Gasteiger charge is -2.41. The second kappa shape index (κ2) is 7.05. The Morgan fingerprint density at radius 1 is 1.32 bits per heavy atom. The Labute approximate surface area is 179 Å². The minimum Gasteiger partial charge on any atom is -0.446 e. The van der Waals surface area contributed by atoms with E-state index in [1.807, 2.05) is 12.1 Å². The third kappa shape index (κ3) is 3.56. The molecule has 4 aliphatic heterocycles. The van der Waals surface area contributed by atoms with Crippen LogP contribution < -0.4 is 10.6 Å². The van der Waals surface area contributed by atoms with E-state index < -0.39 is 18.0 Å². The van der Waals surface area contributed by atoms with Crippen LogP contribution in [-0.2, 0) is 32.2 Å². The number of imide groups is 1. The molecule has 0 aromatic heterocycles. The number of nitrogens with one attached hydrogen (secondary N) is 2. The molecule has 1 saturated carbocycles. The van der Waals surface area contributed by atoms with Crippen molar-refractivity contribution in [1.29, 1.82) is 0 Å². The van der Waals surface area contributed by atoms with Crippen LogP contribution in [0.4, 0.5) is 4.79 Å². The van der Waals surface area contributed by atoms with E-state index in [4.69, 9.17) is 9.47 Å². The molecule has 1 atom stereocenters. The molecule has 4 amide bonds. The number of amides is 4. The Hall–Kier alpha value is -2.94. The first kappa shape index (κ1) is 20.0. The fourth-order valence-corrected chi connectivity index (χ4v) is 5.31. The number of carbonyl (C=O) groups is 4. The van der Waals surface area contributed by atoms with Crippen molar-refractivity contribution >= 4 is 23.8 Å². The number of nitrogens with zero attached hydrogens (tertiary/aromatic N) is 1. The van der Waals surface area contributed by atoms with Crippen LogP contribution >= 0.6 is 0 Å². The Morgan fingerprint density at radius 2 is 2.13 bits per heavy atom. The molecule has 6 rings (SSSR count). The van der Waals surface area contributed by atoms with Crippen molar-refractivity contribution in [1.82, 2.24) is 15.5 Å². The van der Waals surface area contributed by atoms with Gasteiger partial charge in [-0.25, -0.2) is 4.79 Å². The molecule has 2 bridgehead atoms. The van der Waals surface area contributed by atoms with E-state index in [-0.39, 0.29) is 42.4 Å². The van der Waals surface area contributed by atoms with Crippen LogP contribution in [0.15, 0.2) is 18.2 Å². The van der Waals surface area contributed by atoms with Gasteiger partial charge in [0.1, 0.15) is 18.2 Å². The van der Waals surface area contributed by atoms with Crippen LogP contribution in [0, 0.1) is 5.41 Å². The van der Waals surface area contributed by atoms with Gasteiger partial charge < -0.3 is 19.7 Å². The second-order valence-electron chi connectivity index (χ2n) is 9.46. The van der Waals surface area contributed by atoms with Gasteiger partial charge in [0.05, 0.1) is 6.61 Å². The summed E-state index contributed by atoms with van der Waals surface area (Å²) < 4.78 is 11.1. The van der Waals surface area contributed by atoms with Gasteiger partial charge >= 0.3 is 6.09 Å². The number of hydrogen-bond donors (Lipinski definition) is 2. The molecule has 0 spiro atoms. The summed E-state index contributed by atoms with van der Waals surface area (Å²) in [6.07, 6.45) is 1.87. The summed E-state index contributed by atoms with van der Waals surface area (Å²) in [5.74, 6) is -0.977. The molecular weight excluding hydrogens is 402 g/mol. The number of fused-ring (bicyclic) bond motifs is 2. The molecule has 0 radical (unpaired) electrons. The van der Waals surface area contributed by atoms with Gasteiger partial charge in [-0.2, -0.15) is 0 Å². The Kier molecular flexibility index (Phi) is 4.55. The van der Waals surface area contributed by atoms with E-state index >= 15 is 0 Å². The number of hydrogen-bond acceptors (Lipinski definition) is 6. The van der Waals surface area contributed by atoms with Crippen molar-refractivity contribution in [2.24, 2.45) is 5.41 Å². The number of benzene rings is 1. The molecule has 164 valence electrons. The highest BCUT2D eigenvalue weighted by atomic mass is 16.6. The summed E-state index contributed by atoms with van der Waals surface area (Å²) in [6, 6.07) is 4.78. The summed E-state index contributed by atoms with van der Waals surface area (Å²) in [6.45, 7) is 3.70. The quantitative estimate of drug-likeness (QED) is 0.684. The Bertz CT molecular complexity index is 983. The van der Waals surface area contributed by atoms with Crippen LogP contribution in [0.25, 0.3) is 0 Å². The monoisotopic (exact) mass is 427 g/mol. The van der Waals surface area contributed by atoms with Crippen LogP contribution in [-0.4, -0.2) is 53.6 Å². The van der Waals surface area contributed by atoms with E-state index in [0.717, 1.165) is 30.6 Å². The molecule has 1 aromatic carbocycles. The molecule has 2 N–H and O–H groups in total. The van der Waals surface area contributed by atoms with E-state index in [2.05, 4.69) is 17.6 Å². The van der Waals surface area contributed by atoms with Crippen LogP contribution in [0.1, 0.15) is 54.1 Å². The van der Waals surface area contributed by atoms with Crippen LogP contribution in [0.2, 0.25) is 0 Å². The summed E-state index contributed by atoms with van der Waals surface area (Å²) in [5.41, 5.74) is 2.03. The first-order valence-corrected chi connectivity index (χ1v) is 10.6. The van der Waals surface area contributed by atoms with Crippen molar-refractivity contribution in [3.05, 3.63) is 34.9 Å². The number of piperidine rings is 1. The lowest BCUT2D eigenvalue weighted by molar-refractivity contribution is -0.136. The van der Waals surface area contributed by atoms with Crippen molar-refractivity contribution < 1.29 is 28.7 Å². The summed E-state index contributed by atoms with van der Waals surface area (Å²) >= 11 is 0. The number of ether oxygens (including phenoxy) is 2. The third-order valence-electron chi connectivity index (χ3n) is 6.72. The lowest BCUT2D eigenvalue weighted by atomic mass is 9.64. The predicted molar refractivity (Wildman–Crippen MR) is 107 cm³/mol. The fourth-order valence-electron chi connectivity index (χ4n) is 5.31. The Balaban J connectivity index is 1.16. The molecule has 1 aromatic rings. The van der Waals surface area contributed by atoms with Gasteiger partial charge in [0.15, 0.2) is 0 Å². The topological polar surface area (TPSA) is 114 Å². The molecule has 4 fully saturated rings. The van der Waals surface area contributed by atoms with Crippen molar-refractivity contribution in [3.8, 4) is 0 Å². The van der Waals surface area contributed by atoms with Gasteiger partial charge in [0.25, 0.3) is 5.91 Å². The first-order valence-electron chi connectivity index (χ1n) is 10.6. The second-order valence-corrected chi connectivity index (χ2v) is 9.46. The zero-order chi connectivity index (χ0) is 21.8. The van der Waals surface area contributed by atoms with Gasteiger partial charge in [-0.3, -0.25) is 19.7 Å². The third-order valence-corrected chi connectivity index (χ3v) is 6.72. The van der Waals surface area contributed by atoms with E-state index in [1.165, 1.54) is 4.90 Å². The molecule has 5 aliphatic rings. The molecule has 9 nitrogen and oxygen atoms in total. The van der Waals surface area contributed by atoms with E-state index in [9.17, 15) is 19.2 Å².